The number of nitrogens with zero attached hydrogens (tertiary/aromatic N) is 1. The van der Waals surface area contributed by atoms with Gasteiger partial charge in [-0.15, -0.1) is 6.58 Å². The highest BCUT2D eigenvalue weighted by Crippen LogP contribution is 2.65. The Morgan fingerprint density at radius 2 is 1.65 bits per heavy atom. The maximum Gasteiger partial charge on any atom is 0.407 e. The van der Waals surface area contributed by atoms with Gasteiger partial charge in [0.2, 0.25) is 17.6 Å². The molecular formula is C38H56N6O7. The summed E-state index contributed by atoms with van der Waals surface area (Å²) in [4.78, 5) is 81.9. The quantitative estimate of drug-likeness (QED) is 0.138. The van der Waals surface area contributed by atoms with Crippen LogP contribution >= 0.6 is 0 Å². The minimum absolute atomic E-state index is 0.0559. The van der Waals surface area contributed by atoms with E-state index >= 15 is 0 Å². The third kappa shape index (κ3) is 9.09. The van der Waals surface area contributed by atoms with Gasteiger partial charge in [-0.2, -0.15) is 0 Å². The average Bonchev–Trinajstić information content (AvgIpc) is 3.43. The Hall–Kier alpha value is -4.42. The van der Waals surface area contributed by atoms with Crippen molar-refractivity contribution in [3.63, 3.8) is 0 Å². The SMILES string of the molecule is C=CCNC(=O)C(=O)C(CCC)NC(=O)[C@@H]1C2C(CN1C(=O)[C@@H](NC(=O)N[C@H](COC(=O)NCC)C(C)(C)C)C1Cc3ccccc3C1)C2(C)C. The number of rotatable bonds is 15. The zero-order valence-corrected chi connectivity index (χ0v) is 31.1. The summed E-state index contributed by atoms with van der Waals surface area (Å²) in [5, 5.41) is 13.8. The Morgan fingerprint density at radius 1 is 1.00 bits per heavy atom. The van der Waals surface area contributed by atoms with Crippen molar-refractivity contribution in [2.24, 2.45) is 28.6 Å². The number of alkyl carbamates (subject to hydrolysis) is 1. The lowest BCUT2D eigenvalue weighted by atomic mass is 9.87. The van der Waals surface area contributed by atoms with E-state index in [0.717, 1.165) is 11.1 Å². The number of ketones is 1. The van der Waals surface area contributed by atoms with Crippen molar-refractivity contribution in [2.45, 2.75) is 98.3 Å². The first-order valence-corrected chi connectivity index (χ1v) is 18.1. The summed E-state index contributed by atoms with van der Waals surface area (Å²) >= 11 is 0. The molecule has 6 amide bonds. The monoisotopic (exact) mass is 708 g/mol. The van der Waals surface area contributed by atoms with Gasteiger partial charge in [-0.05, 0) is 65.9 Å². The molecule has 1 saturated carbocycles. The van der Waals surface area contributed by atoms with Gasteiger partial charge in [-0.25, -0.2) is 9.59 Å². The molecule has 0 bridgehead atoms. The zero-order valence-electron chi connectivity index (χ0n) is 31.1. The summed E-state index contributed by atoms with van der Waals surface area (Å²) in [6.45, 7) is 17.8. The third-order valence-electron chi connectivity index (χ3n) is 10.8. The van der Waals surface area contributed by atoms with Crippen LogP contribution in [0.3, 0.4) is 0 Å². The molecule has 6 atom stereocenters. The molecule has 1 saturated heterocycles. The molecule has 0 aromatic heterocycles. The molecule has 1 heterocycles. The van der Waals surface area contributed by atoms with Gasteiger partial charge in [-0.1, -0.05) is 78.3 Å². The third-order valence-corrected chi connectivity index (χ3v) is 10.8. The molecule has 1 aliphatic heterocycles. The number of carbonyl (C=O) groups is 6. The summed E-state index contributed by atoms with van der Waals surface area (Å²) in [5.74, 6) is -2.80. The molecule has 5 N–H and O–H groups in total. The van der Waals surface area contributed by atoms with Gasteiger partial charge >= 0.3 is 12.1 Å². The number of nitrogens with one attached hydrogen (secondary N) is 5. The van der Waals surface area contributed by atoms with Gasteiger partial charge in [-0.3, -0.25) is 19.2 Å². The van der Waals surface area contributed by atoms with E-state index in [9.17, 15) is 28.8 Å². The lowest BCUT2D eigenvalue weighted by molar-refractivity contribution is -0.144. The number of hydrogen-bond donors (Lipinski definition) is 5. The van der Waals surface area contributed by atoms with E-state index in [4.69, 9.17) is 4.74 Å². The second-order valence-corrected chi connectivity index (χ2v) is 15.7. The molecule has 0 radical (unpaired) electrons. The van der Waals surface area contributed by atoms with E-state index in [-0.39, 0.29) is 48.6 Å². The number of piperidine rings is 1. The molecule has 0 spiro atoms. The van der Waals surface area contributed by atoms with Crippen LogP contribution in [0.4, 0.5) is 9.59 Å². The first kappa shape index (κ1) is 39.4. The Kier molecular flexibility index (Phi) is 12.6. The summed E-state index contributed by atoms with van der Waals surface area (Å²) in [5.41, 5.74) is 1.49. The molecule has 2 aliphatic carbocycles. The van der Waals surface area contributed by atoms with Crippen LogP contribution in [0, 0.1) is 28.6 Å². The highest BCUT2D eigenvalue weighted by molar-refractivity contribution is 6.38. The second kappa shape index (κ2) is 16.3. The van der Waals surface area contributed by atoms with E-state index in [0.29, 0.717) is 32.4 Å². The van der Waals surface area contributed by atoms with Crippen molar-refractivity contribution in [3.05, 3.63) is 48.0 Å². The van der Waals surface area contributed by atoms with E-state index in [1.807, 2.05) is 52.0 Å². The van der Waals surface area contributed by atoms with Crippen LogP contribution in [0.15, 0.2) is 36.9 Å². The number of amides is 6. The molecule has 1 aromatic rings. The molecule has 2 fully saturated rings. The molecule has 280 valence electrons. The van der Waals surface area contributed by atoms with E-state index in [1.165, 1.54) is 6.08 Å². The second-order valence-electron chi connectivity index (χ2n) is 15.7. The number of benzene rings is 1. The predicted octanol–water partition coefficient (Wildman–Crippen LogP) is 2.87. The maximum absolute atomic E-state index is 14.7. The number of hydrogen-bond acceptors (Lipinski definition) is 7. The zero-order chi connectivity index (χ0) is 37.7. The number of Topliss-reactive ketones (excluding diaryl/α,β-unsaturated/α-hetero) is 1. The van der Waals surface area contributed by atoms with Crippen molar-refractivity contribution in [2.75, 3.05) is 26.2 Å². The number of fused-ring (bicyclic) bond motifs is 2. The molecule has 51 heavy (non-hydrogen) atoms. The first-order valence-electron chi connectivity index (χ1n) is 18.1. The van der Waals surface area contributed by atoms with Crippen LogP contribution in [0.25, 0.3) is 0 Å². The Morgan fingerprint density at radius 3 is 2.22 bits per heavy atom. The smallest absolute Gasteiger partial charge is 0.407 e. The standard InChI is InChI=1S/C38H56N6O7/c1-9-14-26(31(45)33(47)40-17-10-2)41-32(46)30-28-25(38(28,7)8)20-44(30)34(48)29(24-18-22-15-12-13-16-23(22)19-24)43-35(49)42-27(37(4,5)6)21-51-36(50)39-11-3/h10,12-13,15-16,24-30H,2,9,11,14,17-21H2,1,3-8H3,(H,39,50)(H,40,47)(H,41,46)(H2,42,43,49)/t25?,26?,27-,28?,29+,30+/m1/s1. The van der Waals surface area contributed by atoms with Crippen LogP contribution in [0.2, 0.25) is 0 Å². The number of carbonyl (C=O) groups excluding carboxylic acids is 6. The lowest BCUT2D eigenvalue weighted by Gasteiger charge is -2.36. The topological polar surface area (TPSA) is 175 Å². The lowest BCUT2D eigenvalue weighted by Crippen LogP contribution is -2.61. The highest BCUT2D eigenvalue weighted by atomic mass is 16.5. The molecule has 3 aliphatic rings. The number of urea groups is 1. The predicted molar refractivity (Wildman–Crippen MR) is 192 cm³/mol. The highest BCUT2D eigenvalue weighted by Gasteiger charge is 2.69. The minimum Gasteiger partial charge on any atom is -0.447 e. The van der Waals surface area contributed by atoms with E-state index < -0.39 is 59.3 Å². The number of likely N-dealkylation sites (tertiary alicyclic amines) is 1. The minimum atomic E-state index is -1.05. The summed E-state index contributed by atoms with van der Waals surface area (Å²) in [7, 11) is 0. The van der Waals surface area contributed by atoms with Crippen LogP contribution in [-0.4, -0.2) is 90.9 Å². The van der Waals surface area contributed by atoms with Crippen molar-refractivity contribution in [1.29, 1.82) is 0 Å². The molecule has 13 nitrogen and oxygen atoms in total. The normalized spacial score (nSPS) is 21.9. The van der Waals surface area contributed by atoms with Gasteiger partial charge in [0, 0.05) is 19.6 Å². The van der Waals surface area contributed by atoms with Crippen LogP contribution in [0.5, 0.6) is 0 Å². The largest absolute Gasteiger partial charge is 0.447 e. The van der Waals surface area contributed by atoms with E-state index in [2.05, 4.69) is 47.0 Å². The molecule has 13 heteroatoms. The first-order chi connectivity index (χ1) is 24.0. The Bertz CT molecular complexity index is 1480. The average molecular weight is 709 g/mol. The van der Waals surface area contributed by atoms with Crippen molar-refractivity contribution in [1.82, 2.24) is 31.5 Å². The maximum atomic E-state index is 14.7. The summed E-state index contributed by atoms with van der Waals surface area (Å²) in [6, 6.07) is 3.86. The van der Waals surface area contributed by atoms with Crippen molar-refractivity contribution < 1.29 is 33.5 Å². The van der Waals surface area contributed by atoms with Crippen LogP contribution < -0.4 is 26.6 Å². The van der Waals surface area contributed by atoms with Gasteiger partial charge in [0.25, 0.3) is 5.91 Å². The van der Waals surface area contributed by atoms with Crippen LogP contribution in [0.1, 0.15) is 72.4 Å². The van der Waals surface area contributed by atoms with Gasteiger partial charge in [0.15, 0.2) is 0 Å². The number of ether oxygens (including phenoxy) is 1. The Labute approximate surface area is 301 Å². The summed E-state index contributed by atoms with van der Waals surface area (Å²) < 4.78 is 5.36. The molecule has 4 rings (SSSR count). The molecule has 3 unspecified atom stereocenters. The molecular weight excluding hydrogens is 652 g/mol. The van der Waals surface area contributed by atoms with Crippen LogP contribution in [-0.2, 0) is 36.8 Å². The van der Waals surface area contributed by atoms with E-state index in [1.54, 1.807) is 11.8 Å². The van der Waals surface area contributed by atoms with Gasteiger partial charge in [0.1, 0.15) is 18.7 Å². The fourth-order valence-electron chi connectivity index (χ4n) is 7.63. The van der Waals surface area contributed by atoms with Gasteiger partial charge in [0.05, 0.1) is 12.1 Å². The molecule has 1 aromatic carbocycles. The van der Waals surface area contributed by atoms with Crippen molar-refractivity contribution >= 4 is 35.6 Å². The fourth-order valence-corrected chi connectivity index (χ4v) is 7.63. The van der Waals surface area contributed by atoms with Crippen molar-refractivity contribution in [3.8, 4) is 0 Å². The fraction of sp³-hybridized carbons (Fsp3) is 0.632. The summed E-state index contributed by atoms with van der Waals surface area (Å²) in [6.07, 6.45) is 2.80. The van der Waals surface area contributed by atoms with Gasteiger partial charge < -0.3 is 36.2 Å². The Balaban J connectivity index is 1.59.